The fourth-order valence-electron chi connectivity index (χ4n) is 4.74. The molecule has 2 atom stereocenters. The van der Waals surface area contributed by atoms with Gasteiger partial charge in [-0.25, -0.2) is 4.99 Å². The quantitative estimate of drug-likeness (QED) is 0.108. The van der Waals surface area contributed by atoms with Crippen LogP contribution in [-0.4, -0.2) is 43.8 Å². The van der Waals surface area contributed by atoms with Gasteiger partial charge in [-0.1, -0.05) is 109 Å². The second-order valence-electron chi connectivity index (χ2n) is 10.5. The average Bonchev–Trinajstić information content (AvgIpc) is 3.39. The summed E-state index contributed by atoms with van der Waals surface area (Å²) in [5, 5.41) is 0. The molecule has 0 aromatic heterocycles. The van der Waals surface area contributed by atoms with Gasteiger partial charge in [0.25, 0.3) is 0 Å². The maximum atomic E-state index is 12.5. The van der Waals surface area contributed by atoms with Crippen LogP contribution < -0.4 is 0 Å². The van der Waals surface area contributed by atoms with E-state index >= 15 is 0 Å². The van der Waals surface area contributed by atoms with Crippen molar-refractivity contribution in [3.63, 3.8) is 0 Å². The summed E-state index contributed by atoms with van der Waals surface area (Å²) in [4.78, 5) is 17.2. The van der Waals surface area contributed by atoms with Crippen LogP contribution in [0, 0.1) is 0 Å². The van der Waals surface area contributed by atoms with E-state index in [9.17, 15) is 4.79 Å². The van der Waals surface area contributed by atoms with Gasteiger partial charge in [0.05, 0.1) is 13.2 Å². The molecule has 1 aliphatic heterocycles. The second-order valence-corrected chi connectivity index (χ2v) is 10.5. The molecule has 1 aromatic rings. The Balaban J connectivity index is 1.63. The lowest BCUT2D eigenvalue weighted by Gasteiger charge is -2.18. The maximum absolute atomic E-state index is 12.5. The first-order valence-electron chi connectivity index (χ1n) is 15.3. The van der Waals surface area contributed by atoms with Crippen LogP contribution >= 0.6 is 0 Å². The van der Waals surface area contributed by atoms with Crippen molar-refractivity contribution in [1.29, 1.82) is 0 Å². The lowest BCUT2D eigenvalue weighted by molar-refractivity contribution is -0.150. The highest BCUT2D eigenvalue weighted by atomic mass is 16.5. The Labute approximate surface area is 226 Å². The van der Waals surface area contributed by atoms with Gasteiger partial charge in [-0.2, -0.15) is 0 Å². The smallest absolute Gasteiger partial charge is 0.306 e. The standard InChI is InChI=1S/C32H53NO4/c1-3-5-7-9-10-11-12-14-19-23-31(34)37-30(22-18-13-8-6-4-2)24-25-35-26-29-27-36-32(33-29)28-20-16-15-17-21-28/h15-17,20-21,29-30H,3-14,18-19,22-27H2,1-2H3/t29-,30-/m1/s1. The van der Waals surface area contributed by atoms with E-state index in [1.807, 2.05) is 30.3 Å². The molecule has 37 heavy (non-hydrogen) atoms. The Morgan fingerprint density at radius 2 is 1.49 bits per heavy atom. The fourth-order valence-corrected chi connectivity index (χ4v) is 4.74. The Morgan fingerprint density at radius 3 is 2.16 bits per heavy atom. The van der Waals surface area contributed by atoms with Crippen LogP contribution in [0.4, 0.5) is 0 Å². The van der Waals surface area contributed by atoms with Crippen LogP contribution in [0.15, 0.2) is 35.3 Å². The SMILES string of the molecule is CCCCCCCCCCCC(=O)O[C@H](CCCCCCC)CCOC[C@@H]1COC(c2ccccc2)=N1. The Bertz CT molecular complexity index is 721. The van der Waals surface area contributed by atoms with E-state index < -0.39 is 0 Å². The van der Waals surface area contributed by atoms with Crippen molar-refractivity contribution in [2.75, 3.05) is 19.8 Å². The number of aliphatic imine (C=N–C) groups is 1. The number of hydrogen-bond donors (Lipinski definition) is 0. The molecule has 0 fully saturated rings. The van der Waals surface area contributed by atoms with Gasteiger partial charge in [0.1, 0.15) is 18.8 Å². The van der Waals surface area contributed by atoms with Gasteiger partial charge >= 0.3 is 5.97 Å². The van der Waals surface area contributed by atoms with Crippen molar-refractivity contribution >= 4 is 11.9 Å². The first kappa shape index (κ1) is 31.3. The summed E-state index contributed by atoms with van der Waals surface area (Å²) in [5.41, 5.74) is 1.01. The van der Waals surface area contributed by atoms with Gasteiger partial charge in [0.15, 0.2) is 0 Å². The summed E-state index contributed by atoms with van der Waals surface area (Å²) in [6.45, 7) is 6.16. The van der Waals surface area contributed by atoms with Crippen molar-refractivity contribution in [2.45, 2.75) is 135 Å². The average molecular weight is 516 g/mol. The number of rotatable bonds is 23. The third-order valence-electron chi connectivity index (χ3n) is 7.04. The number of carbonyl (C=O) groups is 1. The van der Waals surface area contributed by atoms with Gasteiger partial charge in [-0.05, 0) is 31.4 Å². The molecule has 1 aliphatic rings. The van der Waals surface area contributed by atoms with E-state index in [0.29, 0.717) is 32.1 Å². The van der Waals surface area contributed by atoms with Crippen LogP contribution in [0.3, 0.4) is 0 Å². The highest BCUT2D eigenvalue weighted by Crippen LogP contribution is 2.16. The molecule has 1 heterocycles. The third-order valence-corrected chi connectivity index (χ3v) is 7.04. The first-order valence-corrected chi connectivity index (χ1v) is 15.3. The summed E-state index contributed by atoms with van der Waals surface area (Å²) in [5.74, 6) is 0.660. The molecule has 0 bridgehead atoms. The zero-order valence-corrected chi connectivity index (χ0v) is 23.8. The number of hydrogen-bond acceptors (Lipinski definition) is 5. The number of esters is 1. The van der Waals surface area contributed by atoms with Gasteiger partial charge in [-0.3, -0.25) is 4.79 Å². The Hall–Kier alpha value is -1.88. The highest BCUT2D eigenvalue weighted by molar-refractivity contribution is 5.95. The molecule has 5 heteroatoms. The normalized spacial score (nSPS) is 15.8. The molecule has 0 saturated carbocycles. The molecule has 0 saturated heterocycles. The summed E-state index contributed by atoms with van der Waals surface area (Å²) in [7, 11) is 0. The topological polar surface area (TPSA) is 57.1 Å². The summed E-state index contributed by atoms with van der Waals surface area (Å²) >= 11 is 0. The molecule has 0 unspecified atom stereocenters. The zero-order chi connectivity index (χ0) is 26.4. The van der Waals surface area contributed by atoms with Crippen LogP contribution in [-0.2, 0) is 19.0 Å². The molecule has 0 N–H and O–H groups in total. The summed E-state index contributed by atoms with van der Waals surface area (Å²) < 4.78 is 17.6. The minimum Gasteiger partial charge on any atom is -0.475 e. The lowest BCUT2D eigenvalue weighted by Crippen LogP contribution is -2.22. The first-order chi connectivity index (χ1) is 18.2. The van der Waals surface area contributed by atoms with Crippen LogP contribution in [0.1, 0.15) is 129 Å². The van der Waals surface area contributed by atoms with E-state index in [1.165, 1.54) is 70.6 Å². The van der Waals surface area contributed by atoms with Crippen molar-refractivity contribution in [1.82, 2.24) is 0 Å². The van der Waals surface area contributed by atoms with Gasteiger partial charge in [0, 0.05) is 18.4 Å². The van der Waals surface area contributed by atoms with Crippen molar-refractivity contribution in [2.24, 2.45) is 4.99 Å². The van der Waals surface area contributed by atoms with E-state index in [4.69, 9.17) is 14.2 Å². The fraction of sp³-hybridized carbons (Fsp3) is 0.750. The van der Waals surface area contributed by atoms with Crippen molar-refractivity contribution in [3.8, 4) is 0 Å². The number of carbonyl (C=O) groups excluding carboxylic acids is 1. The molecule has 210 valence electrons. The molecule has 5 nitrogen and oxygen atoms in total. The number of benzene rings is 1. The van der Waals surface area contributed by atoms with Crippen LogP contribution in [0.2, 0.25) is 0 Å². The van der Waals surface area contributed by atoms with E-state index in [1.54, 1.807) is 0 Å². The monoisotopic (exact) mass is 515 g/mol. The lowest BCUT2D eigenvalue weighted by atomic mass is 10.1. The Kier molecular flexibility index (Phi) is 17.9. The predicted molar refractivity (Wildman–Crippen MR) is 153 cm³/mol. The van der Waals surface area contributed by atoms with Gasteiger partial charge in [-0.15, -0.1) is 0 Å². The number of unbranched alkanes of at least 4 members (excludes halogenated alkanes) is 12. The van der Waals surface area contributed by atoms with Crippen molar-refractivity contribution in [3.05, 3.63) is 35.9 Å². The van der Waals surface area contributed by atoms with E-state index in [0.717, 1.165) is 37.7 Å². The van der Waals surface area contributed by atoms with Gasteiger partial charge in [0.2, 0.25) is 5.90 Å². The molecule has 1 aromatic carbocycles. The number of ether oxygens (including phenoxy) is 3. The molecule has 2 rings (SSSR count). The largest absolute Gasteiger partial charge is 0.475 e. The molecule has 0 aliphatic carbocycles. The molecular formula is C32H53NO4. The molecule has 0 radical (unpaired) electrons. The molecule has 0 spiro atoms. The van der Waals surface area contributed by atoms with Crippen LogP contribution in [0.25, 0.3) is 0 Å². The third kappa shape index (κ3) is 15.2. The van der Waals surface area contributed by atoms with E-state index in [-0.39, 0.29) is 18.1 Å². The minimum absolute atomic E-state index is 0.0249. The Morgan fingerprint density at radius 1 is 0.865 bits per heavy atom. The number of nitrogens with zero attached hydrogens (tertiary/aromatic N) is 1. The zero-order valence-electron chi connectivity index (χ0n) is 23.8. The minimum atomic E-state index is -0.0455. The highest BCUT2D eigenvalue weighted by Gasteiger charge is 2.21. The maximum Gasteiger partial charge on any atom is 0.306 e. The second kappa shape index (κ2) is 21.1. The van der Waals surface area contributed by atoms with Crippen LogP contribution in [0.5, 0.6) is 0 Å². The predicted octanol–water partition coefficient (Wildman–Crippen LogP) is 8.43. The molecule has 0 amide bonds. The van der Waals surface area contributed by atoms with Gasteiger partial charge < -0.3 is 14.2 Å². The summed E-state index contributed by atoms with van der Waals surface area (Å²) in [6, 6.07) is 10.0. The van der Waals surface area contributed by atoms with E-state index in [2.05, 4.69) is 18.8 Å². The van der Waals surface area contributed by atoms with Crippen molar-refractivity contribution < 1.29 is 19.0 Å². The summed E-state index contributed by atoms with van der Waals surface area (Å²) in [6.07, 6.45) is 19.6. The molecular weight excluding hydrogens is 462 g/mol.